The predicted molar refractivity (Wildman–Crippen MR) is 102 cm³/mol. The minimum Gasteiger partial charge on any atom is -0.457 e. The SMILES string of the molecule is CCc1ccc(C(=O)COC(=O)CCN2C(=O)Cc3ccccc3C2=O)cc1. The van der Waals surface area contributed by atoms with Crippen LogP contribution in [0.2, 0.25) is 0 Å². The van der Waals surface area contributed by atoms with E-state index in [0.29, 0.717) is 16.7 Å². The highest BCUT2D eigenvalue weighted by Gasteiger charge is 2.30. The maximum absolute atomic E-state index is 12.4. The number of Topliss-reactive ketones (excluding diaryl/α,β-unsaturated/α-hetero) is 1. The lowest BCUT2D eigenvalue weighted by Crippen LogP contribution is -2.43. The Morgan fingerprint density at radius 1 is 1.04 bits per heavy atom. The van der Waals surface area contributed by atoms with Gasteiger partial charge in [0.15, 0.2) is 12.4 Å². The second-order valence-corrected chi connectivity index (χ2v) is 6.57. The highest BCUT2D eigenvalue weighted by molar-refractivity contribution is 6.09. The first-order valence-corrected chi connectivity index (χ1v) is 9.20. The lowest BCUT2D eigenvalue weighted by molar-refractivity contribution is -0.143. The van der Waals surface area contributed by atoms with Gasteiger partial charge in [-0.2, -0.15) is 0 Å². The molecule has 0 aromatic heterocycles. The van der Waals surface area contributed by atoms with Crippen molar-refractivity contribution in [3.05, 3.63) is 70.8 Å². The van der Waals surface area contributed by atoms with Gasteiger partial charge in [-0.15, -0.1) is 0 Å². The zero-order chi connectivity index (χ0) is 20.1. The van der Waals surface area contributed by atoms with Gasteiger partial charge in [0.25, 0.3) is 5.91 Å². The molecule has 0 fully saturated rings. The van der Waals surface area contributed by atoms with Crippen LogP contribution in [0.25, 0.3) is 0 Å². The van der Waals surface area contributed by atoms with Gasteiger partial charge in [0.1, 0.15) is 0 Å². The third kappa shape index (κ3) is 4.34. The predicted octanol–water partition coefficient (Wildman–Crippen LogP) is 2.59. The molecule has 6 nitrogen and oxygen atoms in total. The number of rotatable bonds is 7. The smallest absolute Gasteiger partial charge is 0.308 e. The van der Waals surface area contributed by atoms with Crippen LogP contribution in [0, 0.1) is 0 Å². The Labute approximate surface area is 163 Å². The fourth-order valence-electron chi connectivity index (χ4n) is 3.06. The van der Waals surface area contributed by atoms with Crippen LogP contribution >= 0.6 is 0 Å². The fraction of sp³-hybridized carbons (Fsp3) is 0.273. The number of carbonyl (C=O) groups is 4. The van der Waals surface area contributed by atoms with Crippen LogP contribution in [0.5, 0.6) is 0 Å². The van der Waals surface area contributed by atoms with Gasteiger partial charge < -0.3 is 4.74 Å². The lowest BCUT2D eigenvalue weighted by Gasteiger charge is -2.26. The molecular weight excluding hydrogens is 358 g/mol. The van der Waals surface area contributed by atoms with E-state index < -0.39 is 11.9 Å². The standard InChI is InChI=1S/C22H21NO5/c1-2-15-7-9-16(10-8-15)19(24)14-28-21(26)11-12-23-20(25)13-17-5-3-4-6-18(17)22(23)27/h3-10H,2,11-14H2,1H3. The molecule has 0 unspecified atom stereocenters. The van der Waals surface area contributed by atoms with Crippen molar-refractivity contribution >= 4 is 23.6 Å². The lowest BCUT2D eigenvalue weighted by atomic mass is 9.98. The van der Waals surface area contributed by atoms with Crippen LogP contribution in [0.1, 0.15) is 45.2 Å². The van der Waals surface area contributed by atoms with E-state index >= 15 is 0 Å². The van der Waals surface area contributed by atoms with Crippen molar-refractivity contribution in [2.45, 2.75) is 26.2 Å². The van der Waals surface area contributed by atoms with Gasteiger partial charge in [0.05, 0.1) is 12.8 Å². The Bertz CT molecular complexity index is 917. The third-order valence-corrected chi connectivity index (χ3v) is 4.72. The van der Waals surface area contributed by atoms with Gasteiger partial charge in [0, 0.05) is 17.7 Å². The number of nitrogens with zero attached hydrogens (tertiary/aromatic N) is 1. The quantitative estimate of drug-likeness (QED) is 0.420. The van der Waals surface area contributed by atoms with Crippen LogP contribution < -0.4 is 0 Å². The summed E-state index contributed by atoms with van der Waals surface area (Å²) in [5.41, 5.74) is 2.76. The first-order valence-electron chi connectivity index (χ1n) is 9.20. The van der Waals surface area contributed by atoms with Crippen molar-refractivity contribution in [2.75, 3.05) is 13.2 Å². The molecule has 0 saturated carbocycles. The first kappa shape index (κ1) is 19.5. The average molecular weight is 379 g/mol. The number of ether oxygens (including phenoxy) is 1. The summed E-state index contributed by atoms with van der Waals surface area (Å²) in [6.45, 7) is 1.59. The van der Waals surface area contributed by atoms with E-state index in [1.807, 2.05) is 19.1 Å². The summed E-state index contributed by atoms with van der Waals surface area (Å²) in [7, 11) is 0. The Kier molecular flexibility index (Phi) is 5.99. The number of hydrogen-bond acceptors (Lipinski definition) is 5. The molecule has 0 N–H and O–H groups in total. The molecule has 0 atom stereocenters. The van der Waals surface area contributed by atoms with Crippen LogP contribution in [0.4, 0.5) is 0 Å². The summed E-state index contributed by atoms with van der Waals surface area (Å²) < 4.78 is 5.01. The average Bonchev–Trinajstić information content (AvgIpc) is 2.72. The van der Waals surface area contributed by atoms with Gasteiger partial charge in [-0.05, 0) is 23.6 Å². The van der Waals surface area contributed by atoms with Crippen molar-refractivity contribution in [2.24, 2.45) is 0 Å². The van der Waals surface area contributed by atoms with Crippen molar-refractivity contribution in [1.29, 1.82) is 0 Å². The second kappa shape index (κ2) is 8.61. The Hall–Kier alpha value is -3.28. The van der Waals surface area contributed by atoms with E-state index in [4.69, 9.17) is 4.74 Å². The molecular formula is C22H21NO5. The van der Waals surface area contributed by atoms with Gasteiger partial charge in [0.2, 0.25) is 5.91 Å². The molecule has 6 heteroatoms. The van der Waals surface area contributed by atoms with Crippen LogP contribution in [0.3, 0.4) is 0 Å². The van der Waals surface area contributed by atoms with Crippen LogP contribution in [0.15, 0.2) is 48.5 Å². The summed E-state index contributed by atoms with van der Waals surface area (Å²) in [5.74, 6) is -1.68. The summed E-state index contributed by atoms with van der Waals surface area (Å²) in [5, 5.41) is 0. The maximum Gasteiger partial charge on any atom is 0.308 e. The summed E-state index contributed by atoms with van der Waals surface area (Å²) >= 11 is 0. The highest BCUT2D eigenvalue weighted by Crippen LogP contribution is 2.19. The van der Waals surface area contributed by atoms with E-state index in [2.05, 4.69) is 0 Å². The van der Waals surface area contributed by atoms with E-state index in [-0.39, 0.29) is 37.7 Å². The monoisotopic (exact) mass is 379 g/mol. The Balaban J connectivity index is 1.51. The number of carbonyl (C=O) groups excluding carboxylic acids is 4. The molecule has 0 bridgehead atoms. The molecule has 0 radical (unpaired) electrons. The minimum atomic E-state index is -0.627. The zero-order valence-corrected chi connectivity index (χ0v) is 15.6. The van der Waals surface area contributed by atoms with E-state index in [1.54, 1.807) is 36.4 Å². The largest absolute Gasteiger partial charge is 0.457 e. The third-order valence-electron chi connectivity index (χ3n) is 4.72. The number of hydrogen-bond donors (Lipinski definition) is 0. The molecule has 144 valence electrons. The van der Waals surface area contributed by atoms with Gasteiger partial charge in [-0.3, -0.25) is 24.1 Å². The number of benzene rings is 2. The summed E-state index contributed by atoms with van der Waals surface area (Å²) in [6, 6.07) is 14.1. The summed E-state index contributed by atoms with van der Waals surface area (Å²) in [6.07, 6.45) is 0.854. The molecule has 0 aliphatic carbocycles. The minimum absolute atomic E-state index is 0.0653. The summed E-state index contributed by atoms with van der Waals surface area (Å²) in [4.78, 5) is 49.7. The first-order chi connectivity index (χ1) is 13.5. The van der Waals surface area contributed by atoms with Crippen molar-refractivity contribution in [3.8, 4) is 0 Å². The van der Waals surface area contributed by atoms with E-state index in [0.717, 1.165) is 16.9 Å². The highest BCUT2D eigenvalue weighted by atomic mass is 16.5. The molecule has 28 heavy (non-hydrogen) atoms. The number of aryl methyl sites for hydroxylation is 1. The molecule has 1 aliphatic heterocycles. The van der Waals surface area contributed by atoms with Crippen LogP contribution in [-0.2, 0) is 27.2 Å². The topological polar surface area (TPSA) is 80.8 Å². The molecule has 1 aliphatic rings. The number of fused-ring (bicyclic) bond motifs is 1. The van der Waals surface area contributed by atoms with E-state index in [9.17, 15) is 19.2 Å². The van der Waals surface area contributed by atoms with Crippen molar-refractivity contribution in [3.63, 3.8) is 0 Å². The molecule has 2 aromatic carbocycles. The normalized spacial score (nSPS) is 13.2. The maximum atomic E-state index is 12.4. The number of imide groups is 1. The van der Waals surface area contributed by atoms with Crippen molar-refractivity contribution in [1.82, 2.24) is 4.90 Å². The molecule has 0 spiro atoms. The number of esters is 1. The molecule has 3 rings (SSSR count). The zero-order valence-electron chi connectivity index (χ0n) is 15.6. The second-order valence-electron chi connectivity index (χ2n) is 6.57. The molecule has 1 heterocycles. The van der Waals surface area contributed by atoms with Gasteiger partial charge >= 0.3 is 5.97 Å². The number of amides is 2. The van der Waals surface area contributed by atoms with Crippen molar-refractivity contribution < 1.29 is 23.9 Å². The molecule has 2 aromatic rings. The Morgan fingerprint density at radius 3 is 2.46 bits per heavy atom. The van der Waals surface area contributed by atoms with Crippen LogP contribution in [-0.4, -0.2) is 41.6 Å². The molecule has 2 amide bonds. The Morgan fingerprint density at radius 2 is 1.75 bits per heavy atom. The van der Waals surface area contributed by atoms with E-state index in [1.165, 1.54) is 0 Å². The number of ketones is 1. The molecule has 0 saturated heterocycles. The van der Waals surface area contributed by atoms with Gasteiger partial charge in [-0.1, -0.05) is 49.4 Å². The fourth-order valence-corrected chi connectivity index (χ4v) is 3.06. The van der Waals surface area contributed by atoms with Gasteiger partial charge in [-0.25, -0.2) is 0 Å².